The van der Waals surface area contributed by atoms with Gasteiger partial charge in [-0.25, -0.2) is 9.59 Å². The molecule has 3 aromatic carbocycles. The molecule has 0 spiro atoms. The minimum Gasteiger partial charge on any atom is -0.463 e. The lowest BCUT2D eigenvalue weighted by atomic mass is 10.0. The van der Waals surface area contributed by atoms with Crippen LogP contribution >= 0.6 is 0 Å². The Kier molecular flexibility index (Phi) is 10.7. The number of ether oxygens (including phenoxy) is 4. The number of rotatable bonds is 14. The van der Waals surface area contributed by atoms with Gasteiger partial charge >= 0.3 is 12.1 Å². The van der Waals surface area contributed by atoms with Gasteiger partial charge < -0.3 is 34.5 Å². The van der Waals surface area contributed by atoms with Crippen molar-refractivity contribution in [1.82, 2.24) is 4.90 Å². The average molecular weight is 602 g/mol. The largest absolute Gasteiger partial charge is 0.463 e. The Bertz CT molecular complexity index is 1400. The summed E-state index contributed by atoms with van der Waals surface area (Å²) >= 11 is 0. The molecule has 2 N–H and O–H groups in total. The van der Waals surface area contributed by atoms with E-state index >= 15 is 0 Å². The van der Waals surface area contributed by atoms with Gasteiger partial charge in [-0.15, -0.1) is 0 Å². The Morgan fingerprint density at radius 1 is 0.909 bits per heavy atom. The first-order valence-corrected chi connectivity index (χ1v) is 15.6. The topological polar surface area (TPSA) is 98.4 Å². The maximum Gasteiger partial charge on any atom is 0.410 e. The first-order valence-electron chi connectivity index (χ1n) is 15.6. The van der Waals surface area contributed by atoms with Crippen LogP contribution in [0.25, 0.3) is 0 Å². The minimum absolute atomic E-state index is 0.249. The molecule has 234 valence electrons. The molecule has 5 rings (SSSR count). The van der Waals surface area contributed by atoms with E-state index in [-0.39, 0.29) is 18.2 Å². The molecule has 1 saturated heterocycles. The van der Waals surface area contributed by atoms with Crippen molar-refractivity contribution in [2.24, 2.45) is 0 Å². The molecule has 0 unspecified atom stereocenters. The van der Waals surface area contributed by atoms with Crippen LogP contribution in [0.2, 0.25) is 0 Å². The standard InChI is InChI=1S/C35H43N3O6/c1-35(2)42-25-28-23-27(17-18-31(28)44-35)32-24-38(34(40)43-32)19-8-3-4-9-20-41-21-11-13-26-12-10-16-30(22-26)37-33(39)36-29-14-6-5-7-15-29/h5-7,10,12,14-18,22-23,32H,3-4,8-9,11,13,19-21,24-25H2,1-2H3,(H2,36,37,39)/t32-/m0/s1. The van der Waals surface area contributed by atoms with Crippen molar-refractivity contribution in [3.05, 3.63) is 89.5 Å². The molecule has 2 heterocycles. The number of amides is 3. The van der Waals surface area contributed by atoms with Crippen LogP contribution in [0.15, 0.2) is 72.8 Å². The molecule has 3 aromatic rings. The molecule has 0 bridgehead atoms. The van der Waals surface area contributed by atoms with E-state index in [2.05, 4.69) is 16.7 Å². The van der Waals surface area contributed by atoms with Crippen molar-refractivity contribution in [3.8, 4) is 5.75 Å². The predicted molar refractivity (Wildman–Crippen MR) is 170 cm³/mol. The van der Waals surface area contributed by atoms with Crippen LogP contribution in [0.1, 0.15) is 68.7 Å². The maximum absolute atomic E-state index is 12.4. The number of urea groups is 1. The summed E-state index contributed by atoms with van der Waals surface area (Å²) in [5.41, 5.74) is 4.63. The van der Waals surface area contributed by atoms with E-state index in [1.165, 1.54) is 0 Å². The Morgan fingerprint density at radius 3 is 2.55 bits per heavy atom. The molecule has 3 amide bonds. The molecule has 2 aliphatic rings. The van der Waals surface area contributed by atoms with E-state index in [9.17, 15) is 9.59 Å². The van der Waals surface area contributed by atoms with Crippen LogP contribution in [0, 0.1) is 0 Å². The van der Waals surface area contributed by atoms with Crippen molar-refractivity contribution in [1.29, 1.82) is 0 Å². The number of carbonyl (C=O) groups excluding carboxylic acids is 2. The van der Waals surface area contributed by atoms with Crippen molar-refractivity contribution in [2.75, 3.05) is 36.9 Å². The quantitative estimate of drug-likeness (QED) is 0.184. The minimum atomic E-state index is -0.631. The molecule has 0 radical (unpaired) electrons. The fourth-order valence-corrected chi connectivity index (χ4v) is 5.38. The summed E-state index contributed by atoms with van der Waals surface area (Å²) in [5.74, 6) is 0.189. The zero-order valence-corrected chi connectivity index (χ0v) is 25.7. The molecule has 9 nitrogen and oxygen atoms in total. The second-order valence-electron chi connectivity index (χ2n) is 11.8. The Hall–Kier alpha value is -4.08. The molecular formula is C35H43N3O6. The van der Waals surface area contributed by atoms with Gasteiger partial charge in [0.15, 0.2) is 0 Å². The number of benzene rings is 3. The lowest BCUT2D eigenvalue weighted by Gasteiger charge is -2.32. The van der Waals surface area contributed by atoms with Gasteiger partial charge in [0, 0.05) is 50.5 Å². The summed E-state index contributed by atoms with van der Waals surface area (Å²) in [5, 5.41) is 5.72. The van der Waals surface area contributed by atoms with E-state index in [1.807, 2.05) is 80.6 Å². The molecule has 2 aliphatic heterocycles. The molecule has 1 atom stereocenters. The highest BCUT2D eigenvalue weighted by Crippen LogP contribution is 2.35. The van der Waals surface area contributed by atoms with Crippen molar-refractivity contribution >= 4 is 23.5 Å². The van der Waals surface area contributed by atoms with E-state index in [1.54, 1.807) is 4.90 Å². The number of para-hydroxylation sites is 1. The molecule has 0 aromatic heterocycles. The maximum atomic E-state index is 12.4. The number of nitrogens with one attached hydrogen (secondary N) is 2. The fourth-order valence-electron chi connectivity index (χ4n) is 5.38. The SMILES string of the molecule is CC1(C)OCc2cc([C@@H]3CN(CCCCCCOCCCc4cccc(NC(=O)Nc5ccccc5)c4)C(=O)O3)ccc2O1. The van der Waals surface area contributed by atoms with Gasteiger partial charge in [0.25, 0.3) is 0 Å². The van der Waals surface area contributed by atoms with Crippen LogP contribution < -0.4 is 15.4 Å². The molecular weight excluding hydrogens is 558 g/mol. The summed E-state index contributed by atoms with van der Waals surface area (Å²) in [6.45, 7) is 6.97. The van der Waals surface area contributed by atoms with Gasteiger partial charge in [0.05, 0.1) is 13.2 Å². The van der Waals surface area contributed by atoms with Gasteiger partial charge in [-0.1, -0.05) is 49.2 Å². The fraction of sp³-hybridized carbons (Fsp3) is 0.429. The second-order valence-corrected chi connectivity index (χ2v) is 11.8. The number of unbranched alkanes of at least 4 members (excludes halogenated alkanes) is 3. The molecule has 1 fully saturated rings. The molecule has 0 aliphatic carbocycles. The number of nitrogens with zero attached hydrogens (tertiary/aromatic N) is 1. The highest BCUT2D eigenvalue weighted by Gasteiger charge is 2.33. The number of anilines is 2. The first-order chi connectivity index (χ1) is 21.3. The van der Waals surface area contributed by atoms with Crippen molar-refractivity contribution in [3.63, 3.8) is 0 Å². The normalized spacial score (nSPS) is 17.0. The number of hydrogen-bond acceptors (Lipinski definition) is 6. The number of cyclic esters (lactones) is 1. The van der Waals surface area contributed by atoms with Crippen molar-refractivity contribution in [2.45, 2.75) is 70.9 Å². The van der Waals surface area contributed by atoms with Crippen LogP contribution in [-0.2, 0) is 27.2 Å². The first kappa shape index (κ1) is 31.3. The van der Waals surface area contributed by atoms with Crippen LogP contribution in [0.3, 0.4) is 0 Å². The Labute approximate surface area is 259 Å². The van der Waals surface area contributed by atoms with Gasteiger partial charge in [-0.3, -0.25) is 0 Å². The van der Waals surface area contributed by atoms with Gasteiger partial charge in [-0.05, 0) is 73.2 Å². The Balaban J connectivity index is 0.906. The van der Waals surface area contributed by atoms with Gasteiger partial charge in [0.2, 0.25) is 5.79 Å². The zero-order valence-electron chi connectivity index (χ0n) is 25.7. The summed E-state index contributed by atoms with van der Waals surface area (Å²) in [6.07, 6.45) is 5.32. The molecule has 9 heteroatoms. The van der Waals surface area contributed by atoms with E-state index < -0.39 is 5.79 Å². The highest BCUT2D eigenvalue weighted by molar-refractivity contribution is 5.99. The summed E-state index contributed by atoms with van der Waals surface area (Å²) in [6, 6.07) is 23.0. The predicted octanol–water partition coefficient (Wildman–Crippen LogP) is 7.68. The third kappa shape index (κ3) is 9.21. The Morgan fingerprint density at radius 2 is 1.68 bits per heavy atom. The summed E-state index contributed by atoms with van der Waals surface area (Å²) < 4.78 is 23.1. The van der Waals surface area contributed by atoms with E-state index in [4.69, 9.17) is 18.9 Å². The summed E-state index contributed by atoms with van der Waals surface area (Å²) in [7, 11) is 0. The van der Waals surface area contributed by atoms with Gasteiger partial charge in [-0.2, -0.15) is 0 Å². The summed E-state index contributed by atoms with van der Waals surface area (Å²) in [4.78, 5) is 26.5. The van der Waals surface area contributed by atoms with Gasteiger partial charge in [0.1, 0.15) is 11.9 Å². The average Bonchev–Trinajstić information content (AvgIpc) is 3.38. The number of aryl methyl sites for hydroxylation is 1. The monoisotopic (exact) mass is 601 g/mol. The number of hydrogen-bond donors (Lipinski definition) is 2. The zero-order chi connectivity index (χ0) is 30.8. The number of carbonyl (C=O) groups is 2. The smallest absolute Gasteiger partial charge is 0.410 e. The third-order valence-corrected chi connectivity index (χ3v) is 7.71. The lowest BCUT2D eigenvalue weighted by molar-refractivity contribution is -0.180. The molecule has 44 heavy (non-hydrogen) atoms. The lowest BCUT2D eigenvalue weighted by Crippen LogP contribution is -2.35. The van der Waals surface area contributed by atoms with Crippen LogP contribution in [0.5, 0.6) is 5.75 Å². The molecule has 0 saturated carbocycles. The van der Waals surface area contributed by atoms with Crippen LogP contribution in [-0.4, -0.2) is 49.1 Å². The van der Waals surface area contributed by atoms with E-state index in [0.29, 0.717) is 26.3 Å². The second kappa shape index (κ2) is 15.1. The number of fused-ring (bicyclic) bond motifs is 1. The van der Waals surface area contributed by atoms with Crippen molar-refractivity contribution < 1.29 is 28.5 Å². The van der Waals surface area contributed by atoms with E-state index in [0.717, 1.165) is 78.9 Å². The highest BCUT2D eigenvalue weighted by atomic mass is 16.7. The third-order valence-electron chi connectivity index (χ3n) is 7.71. The van der Waals surface area contributed by atoms with Crippen LogP contribution in [0.4, 0.5) is 21.0 Å².